The second kappa shape index (κ2) is 7.40. The molecule has 3 N–H and O–H groups in total. The Kier molecular flexibility index (Phi) is 4.85. The molecule has 126 valence electrons. The van der Waals surface area contributed by atoms with Gasteiger partial charge in [0.2, 0.25) is 0 Å². The van der Waals surface area contributed by atoms with Crippen LogP contribution in [0.3, 0.4) is 0 Å². The quantitative estimate of drug-likeness (QED) is 0.686. The minimum atomic E-state index is -0.609. The first-order chi connectivity index (χ1) is 12.2. The number of nitrogens with one attached hydrogen (secondary N) is 1. The highest BCUT2D eigenvalue weighted by atomic mass is 16.6. The molecule has 3 aromatic carbocycles. The van der Waals surface area contributed by atoms with E-state index in [4.69, 9.17) is 15.2 Å². The fourth-order valence-corrected chi connectivity index (χ4v) is 2.36. The molecule has 0 bridgehead atoms. The Morgan fingerprint density at radius 1 is 0.880 bits per heavy atom. The first kappa shape index (κ1) is 16.4. The molecular weight excluding hydrogens is 316 g/mol. The van der Waals surface area contributed by atoms with Gasteiger partial charge in [0, 0.05) is 0 Å². The molecule has 5 heteroatoms. The van der Waals surface area contributed by atoms with Crippen molar-refractivity contribution in [2.45, 2.75) is 0 Å². The minimum Gasteiger partial charge on any atom is -0.497 e. The summed E-state index contributed by atoms with van der Waals surface area (Å²) in [5.74, 6) is 1.10. The summed E-state index contributed by atoms with van der Waals surface area (Å²) in [5.41, 5.74) is 8.91. The molecule has 0 saturated carbocycles. The summed E-state index contributed by atoms with van der Waals surface area (Å²) in [7, 11) is 1.57. The zero-order valence-electron chi connectivity index (χ0n) is 13.7. The van der Waals surface area contributed by atoms with E-state index in [9.17, 15) is 4.79 Å². The van der Waals surface area contributed by atoms with Gasteiger partial charge in [-0.15, -0.1) is 0 Å². The van der Waals surface area contributed by atoms with Gasteiger partial charge in [0.1, 0.15) is 11.5 Å². The van der Waals surface area contributed by atoms with Crippen molar-refractivity contribution in [3.8, 4) is 22.6 Å². The van der Waals surface area contributed by atoms with Crippen molar-refractivity contribution in [2.75, 3.05) is 18.2 Å². The molecule has 25 heavy (non-hydrogen) atoms. The fourth-order valence-electron chi connectivity index (χ4n) is 2.36. The van der Waals surface area contributed by atoms with Crippen LogP contribution in [0.1, 0.15) is 0 Å². The second-order valence-electron chi connectivity index (χ2n) is 5.36. The Labute approximate surface area is 146 Å². The van der Waals surface area contributed by atoms with Crippen molar-refractivity contribution >= 4 is 17.5 Å². The van der Waals surface area contributed by atoms with Gasteiger partial charge >= 0.3 is 6.09 Å². The van der Waals surface area contributed by atoms with Crippen LogP contribution in [0.4, 0.5) is 16.2 Å². The van der Waals surface area contributed by atoms with Gasteiger partial charge in [-0.1, -0.05) is 36.4 Å². The van der Waals surface area contributed by atoms with Crippen molar-refractivity contribution < 1.29 is 14.3 Å². The zero-order valence-corrected chi connectivity index (χ0v) is 13.7. The Balaban J connectivity index is 1.74. The Morgan fingerprint density at radius 2 is 1.56 bits per heavy atom. The number of amides is 1. The van der Waals surface area contributed by atoms with Gasteiger partial charge in [-0.3, -0.25) is 5.32 Å². The second-order valence-corrected chi connectivity index (χ2v) is 5.36. The highest BCUT2D eigenvalue weighted by Crippen LogP contribution is 2.27. The van der Waals surface area contributed by atoms with Crippen molar-refractivity contribution in [3.05, 3.63) is 72.8 Å². The predicted molar refractivity (Wildman–Crippen MR) is 98.9 cm³/mol. The number of carbonyl (C=O) groups excluding carboxylic acids is 1. The summed E-state index contributed by atoms with van der Waals surface area (Å²) < 4.78 is 10.3. The Bertz CT molecular complexity index is 862. The molecule has 0 aromatic heterocycles. The van der Waals surface area contributed by atoms with Crippen LogP contribution in [-0.4, -0.2) is 13.2 Å². The molecule has 0 aliphatic carbocycles. The van der Waals surface area contributed by atoms with Gasteiger partial charge in [-0.25, -0.2) is 4.79 Å². The number of anilines is 2. The third-order valence-electron chi connectivity index (χ3n) is 3.67. The van der Waals surface area contributed by atoms with Gasteiger partial charge in [0.25, 0.3) is 0 Å². The van der Waals surface area contributed by atoms with Gasteiger partial charge in [0.05, 0.1) is 18.5 Å². The molecule has 0 saturated heterocycles. The van der Waals surface area contributed by atoms with Crippen LogP contribution in [0.5, 0.6) is 11.5 Å². The molecule has 0 radical (unpaired) electrons. The first-order valence-corrected chi connectivity index (χ1v) is 7.73. The molecule has 3 rings (SSSR count). The lowest BCUT2D eigenvalue weighted by molar-refractivity contribution is 0.215. The lowest BCUT2D eigenvalue weighted by Gasteiger charge is -2.11. The molecule has 0 unspecified atom stereocenters. The van der Waals surface area contributed by atoms with E-state index in [1.807, 2.05) is 42.5 Å². The normalized spacial score (nSPS) is 10.1. The van der Waals surface area contributed by atoms with Crippen LogP contribution in [0, 0.1) is 0 Å². The summed E-state index contributed by atoms with van der Waals surface area (Å²) in [4.78, 5) is 12.1. The Hall–Kier alpha value is -3.47. The Morgan fingerprint density at radius 3 is 2.24 bits per heavy atom. The van der Waals surface area contributed by atoms with Gasteiger partial charge in [-0.2, -0.15) is 0 Å². The summed E-state index contributed by atoms with van der Waals surface area (Å²) >= 11 is 0. The number of hydrogen-bond acceptors (Lipinski definition) is 4. The van der Waals surface area contributed by atoms with Crippen molar-refractivity contribution in [1.29, 1.82) is 0 Å². The third-order valence-corrected chi connectivity index (χ3v) is 3.67. The number of hydrogen-bond donors (Lipinski definition) is 2. The van der Waals surface area contributed by atoms with Crippen LogP contribution in [-0.2, 0) is 0 Å². The molecule has 3 aromatic rings. The topological polar surface area (TPSA) is 73.6 Å². The maximum Gasteiger partial charge on any atom is 0.417 e. The average Bonchev–Trinajstić information content (AvgIpc) is 2.65. The van der Waals surface area contributed by atoms with Crippen LogP contribution in [0.25, 0.3) is 11.1 Å². The largest absolute Gasteiger partial charge is 0.497 e. The minimum absolute atomic E-state index is 0.413. The monoisotopic (exact) mass is 334 g/mol. The van der Waals surface area contributed by atoms with Crippen molar-refractivity contribution in [2.24, 2.45) is 0 Å². The SMILES string of the molecule is COc1ccc(OC(=O)Nc2cc(-c3ccccc3)ccc2N)cc1. The number of nitrogen functional groups attached to an aromatic ring is 1. The smallest absolute Gasteiger partial charge is 0.417 e. The molecule has 0 aliphatic rings. The third kappa shape index (κ3) is 4.09. The lowest BCUT2D eigenvalue weighted by atomic mass is 10.0. The van der Waals surface area contributed by atoms with Gasteiger partial charge in [0.15, 0.2) is 0 Å². The average molecular weight is 334 g/mol. The number of rotatable bonds is 4. The van der Waals surface area contributed by atoms with E-state index in [0.717, 1.165) is 11.1 Å². The summed E-state index contributed by atoms with van der Waals surface area (Å²) in [6.45, 7) is 0. The van der Waals surface area contributed by atoms with E-state index >= 15 is 0 Å². The summed E-state index contributed by atoms with van der Waals surface area (Å²) in [6.07, 6.45) is -0.609. The number of benzene rings is 3. The molecule has 5 nitrogen and oxygen atoms in total. The van der Waals surface area contributed by atoms with E-state index in [0.29, 0.717) is 22.9 Å². The maximum absolute atomic E-state index is 12.1. The van der Waals surface area contributed by atoms with Gasteiger partial charge in [-0.05, 0) is 47.5 Å². The fraction of sp³-hybridized carbons (Fsp3) is 0.0500. The van der Waals surface area contributed by atoms with Crippen LogP contribution in [0.2, 0.25) is 0 Å². The lowest BCUT2D eigenvalue weighted by Crippen LogP contribution is -2.17. The maximum atomic E-state index is 12.1. The predicted octanol–water partition coefficient (Wildman–Crippen LogP) is 4.56. The number of ether oxygens (including phenoxy) is 2. The van der Waals surface area contributed by atoms with Crippen LogP contribution in [0.15, 0.2) is 72.8 Å². The highest BCUT2D eigenvalue weighted by Gasteiger charge is 2.09. The van der Waals surface area contributed by atoms with E-state index in [2.05, 4.69) is 5.32 Å². The molecule has 0 atom stereocenters. The first-order valence-electron chi connectivity index (χ1n) is 7.73. The number of carbonyl (C=O) groups is 1. The van der Waals surface area contributed by atoms with E-state index < -0.39 is 6.09 Å². The van der Waals surface area contributed by atoms with Gasteiger partial charge < -0.3 is 15.2 Å². The van der Waals surface area contributed by atoms with Crippen LogP contribution < -0.4 is 20.5 Å². The molecule has 0 spiro atoms. The zero-order chi connectivity index (χ0) is 17.6. The van der Waals surface area contributed by atoms with E-state index in [1.54, 1.807) is 37.4 Å². The summed E-state index contributed by atoms with van der Waals surface area (Å²) in [6, 6.07) is 22.1. The molecule has 0 heterocycles. The standard InChI is InChI=1S/C20H18N2O3/c1-24-16-8-10-17(11-9-16)25-20(23)22-19-13-15(7-12-18(19)21)14-5-3-2-4-6-14/h2-13H,21H2,1H3,(H,22,23). The molecule has 1 amide bonds. The van der Waals surface area contributed by atoms with E-state index in [1.165, 1.54) is 0 Å². The molecule has 0 aliphatic heterocycles. The summed E-state index contributed by atoms with van der Waals surface area (Å²) in [5, 5.41) is 2.68. The van der Waals surface area contributed by atoms with Crippen molar-refractivity contribution in [3.63, 3.8) is 0 Å². The molecule has 0 fully saturated rings. The van der Waals surface area contributed by atoms with Crippen molar-refractivity contribution in [1.82, 2.24) is 0 Å². The molecular formula is C20H18N2O3. The number of methoxy groups -OCH3 is 1. The number of nitrogens with two attached hydrogens (primary N) is 1. The van der Waals surface area contributed by atoms with Crippen LogP contribution >= 0.6 is 0 Å². The van der Waals surface area contributed by atoms with E-state index in [-0.39, 0.29) is 0 Å². The highest BCUT2D eigenvalue weighted by molar-refractivity contribution is 5.91.